The van der Waals surface area contributed by atoms with Gasteiger partial charge in [-0.3, -0.25) is 4.79 Å². The number of carboxylic acid groups (broad SMARTS) is 1. The number of rotatable bonds is 3. The summed E-state index contributed by atoms with van der Waals surface area (Å²) in [6.45, 7) is 1.02. The van der Waals surface area contributed by atoms with Crippen LogP contribution in [0.1, 0.15) is 16.8 Å². The zero-order valence-corrected chi connectivity index (χ0v) is 9.67. The first-order valence-corrected chi connectivity index (χ1v) is 5.52. The topological polar surface area (TPSA) is 123 Å². The number of aromatic nitrogens is 1. The maximum Gasteiger partial charge on any atom is 0.337 e. The molecule has 1 amide bonds. The second-order valence-electron chi connectivity index (χ2n) is 4.23. The van der Waals surface area contributed by atoms with Gasteiger partial charge in [-0.05, 0) is 12.5 Å². The third-order valence-electron chi connectivity index (χ3n) is 3.09. The summed E-state index contributed by atoms with van der Waals surface area (Å²) in [6.07, 6.45) is 2.03. The van der Waals surface area contributed by atoms with Crippen molar-refractivity contribution in [2.75, 3.05) is 23.7 Å². The normalized spacial score (nSPS) is 18.9. The highest BCUT2D eigenvalue weighted by molar-refractivity contribution is 5.96. The summed E-state index contributed by atoms with van der Waals surface area (Å²) in [6, 6.07) is 1.35. The van der Waals surface area contributed by atoms with Gasteiger partial charge in [0.2, 0.25) is 5.91 Å². The molecule has 1 aliphatic rings. The van der Waals surface area contributed by atoms with Crippen molar-refractivity contribution in [3.05, 3.63) is 17.8 Å². The van der Waals surface area contributed by atoms with E-state index in [0.29, 0.717) is 25.3 Å². The Balaban J connectivity index is 2.27. The number of nitrogen functional groups attached to an aromatic ring is 1. The Kier molecular flexibility index (Phi) is 3.05. The van der Waals surface area contributed by atoms with Crippen LogP contribution in [0.2, 0.25) is 0 Å². The van der Waals surface area contributed by atoms with Gasteiger partial charge in [0.25, 0.3) is 0 Å². The second kappa shape index (κ2) is 4.52. The number of carbonyl (C=O) groups excluding carboxylic acids is 1. The number of hydrogen-bond acceptors (Lipinski definition) is 5. The van der Waals surface area contributed by atoms with Gasteiger partial charge in [-0.1, -0.05) is 0 Å². The van der Waals surface area contributed by atoms with E-state index >= 15 is 0 Å². The number of hydrogen-bond donors (Lipinski definition) is 3. The summed E-state index contributed by atoms with van der Waals surface area (Å²) in [5.41, 5.74) is 11.2. The van der Waals surface area contributed by atoms with Gasteiger partial charge in [0.05, 0.1) is 17.2 Å². The van der Waals surface area contributed by atoms with E-state index in [4.69, 9.17) is 16.6 Å². The summed E-state index contributed by atoms with van der Waals surface area (Å²) in [5, 5.41) is 8.97. The molecule has 1 saturated heterocycles. The van der Waals surface area contributed by atoms with Crippen molar-refractivity contribution >= 4 is 23.4 Å². The number of carbonyl (C=O) groups is 2. The number of aromatic carboxylic acids is 1. The fourth-order valence-corrected chi connectivity index (χ4v) is 2.09. The van der Waals surface area contributed by atoms with Crippen LogP contribution in [-0.4, -0.2) is 35.1 Å². The maximum atomic E-state index is 11.1. The van der Waals surface area contributed by atoms with Crippen LogP contribution in [0, 0.1) is 5.92 Å². The van der Waals surface area contributed by atoms with Gasteiger partial charge in [-0.2, -0.15) is 0 Å². The van der Waals surface area contributed by atoms with E-state index in [1.54, 1.807) is 4.90 Å². The van der Waals surface area contributed by atoms with Crippen LogP contribution in [0.25, 0.3) is 0 Å². The lowest BCUT2D eigenvalue weighted by molar-refractivity contribution is -0.121. The van der Waals surface area contributed by atoms with Gasteiger partial charge in [-0.15, -0.1) is 0 Å². The summed E-state index contributed by atoms with van der Waals surface area (Å²) >= 11 is 0. The number of pyridine rings is 1. The average Bonchev–Trinajstić information content (AvgIpc) is 2.78. The second-order valence-corrected chi connectivity index (χ2v) is 4.23. The molecule has 5 N–H and O–H groups in total. The average molecular weight is 250 g/mol. The number of amides is 1. The molecule has 0 bridgehead atoms. The molecule has 0 saturated carbocycles. The highest BCUT2D eigenvalue weighted by atomic mass is 16.4. The van der Waals surface area contributed by atoms with E-state index in [0.717, 1.165) is 0 Å². The van der Waals surface area contributed by atoms with Crippen LogP contribution in [0.4, 0.5) is 11.5 Å². The Bertz CT molecular complexity index is 503. The lowest BCUT2D eigenvalue weighted by Gasteiger charge is -2.19. The van der Waals surface area contributed by atoms with Crippen molar-refractivity contribution in [2.45, 2.75) is 6.42 Å². The highest BCUT2D eigenvalue weighted by Crippen LogP contribution is 2.28. The fourth-order valence-electron chi connectivity index (χ4n) is 2.09. The molecule has 18 heavy (non-hydrogen) atoms. The lowest BCUT2D eigenvalue weighted by atomic mass is 10.1. The summed E-state index contributed by atoms with van der Waals surface area (Å²) in [4.78, 5) is 27.9. The molecule has 0 radical (unpaired) electrons. The fraction of sp³-hybridized carbons (Fsp3) is 0.364. The van der Waals surface area contributed by atoms with Crippen LogP contribution in [0.5, 0.6) is 0 Å². The molecule has 2 heterocycles. The van der Waals surface area contributed by atoms with Gasteiger partial charge in [0.15, 0.2) is 5.82 Å². The first-order chi connectivity index (χ1) is 8.50. The number of primary amides is 1. The molecule has 1 aromatic rings. The van der Waals surface area contributed by atoms with Crippen molar-refractivity contribution in [3.8, 4) is 0 Å². The van der Waals surface area contributed by atoms with Crippen LogP contribution in [-0.2, 0) is 4.79 Å². The Morgan fingerprint density at radius 2 is 2.22 bits per heavy atom. The van der Waals surface area contributed by atoms with E-state index in [1.165, 1.54) is 12.3 Å². The molecule has 0 aliphatic carbocycles. The quantitative estimate of drug-likeness (QED) is 0.675. The lowest BCUT2D eigenvalue weighted by Crippen LogP contribution is -2.28. The van der Waals surface area contributed by atoms with Gasteiger partial charge >= 0.3 is 5.97 Å². The standard InChI is InChI=1S/C11H14N4O3/c12-8-7(11(17)18)1-3-14-10(8)15-4-2-6(5-15)9(13)16/h1,3,6H,2,4-5,12H2,(H2,13,16)(H,17,18). The minimum absolute atomic E-state index is 0.0162. The van der Waals surface area contributed by atoms with Crippen LogP contribution < -0.4 is 16.4 Å². The molecule has 1 aromatic heterocycles. The smallest absolute Gasteiger partial charge is 0.337 e. The maximum absolute atomic E-state index is 11.1. The van der Waals surface area contributed by atoms with Gasteiger partial charge in [0.1, 0.15) is 0 Å². The van der Waals surface area contributed by atoms with Gasteiger partial charge < -0.3 is 21.5 Å². The van der Waals surface area contributed by atoms with E-state index in [2.05, 4.69) is 4.98 Å². The molecule has 7 nitrogen and oxygen atoms in total. The van der Waals surface area contributed by atoms with Gasteiger partial charge in [0, 0.05) is 19.3 Å². The molecule has 1 fully saturated rings. The minimum atomic E-state index is -1.10. The van der Waals surface area contributed by atoms with E-state index < -0.39 is 5.97 Å². The predicted octanol–water partition coefficient (Wildman–Crippen LogP) is -0.326. The molecular formula is C11H14N4O3. The summed E-state index contributed by atoms with van der Waals surface area (Å²) in [5.74, 6) is -1.29. The zero-order valence-electron chi connectivity index (χ0n) is 9.67. The minimum Gasteiger partial charge on any atom is -0.478 e. The number of nitrogens with zero attached hydrogens (tertiary/aromatic N) is 2. The third-order valence-corrected chi connectivity index (χ3v) is 3.09. The Morgan fingerprint density at radius 1 is 1.50 bits per heavy atom. The molecule has 2 rings (SSSR count). The monoisotopic (exact) mass is 250 g/mol. The Morgan fingerprint density at radius 3 is 2.78 bits per heavy atom. The van der Waals surface area contributed by atoms with Crippen LogP contribution >= 0.6 is 0 Å². The summed E-state index contributed by atoms with van der Waals surface area (Å²) < 4.78 is 0. The highest BCUT2D eigenvalue weighted by Gasteiger charge is 2.29. The largest absolute Gasteiger partial charge is 0.478 e. The first-order valence-electron chi connectivity index (χ1n) is 5.52. The predicted molar refractivity (Wildman–Crippen MR) is 65.1 cm³/mol. The first kappa shape index (κ1) is 12.2. The number of nitrogens with two attached hydrogens (primary N) is 2. The Hall–Kier alpha value is -2.31. The van der Waals surface area contributed by atoms with E-state index in [-0.39, 0.29) is 23.1 Å². The SMILES string of the molecule is NC(=O)C1CCN(c2nccc(C(=O)O)c2N)C1. The van der Waals surface area contributed by atoms with Crippen molar-refractivity contribution in [1.82, 2.24) is 4.98 Å². The van der Waals surface area contributed by atoms with Crippen LogP contribution in [0.15, 0.2) is 12.3 Å². The number of carboxylic acids is 1. The molecule has 0 spiro atoms. The van der Waals surface area contributed by atoms with Crippen LogP contribution in [0.3, 0.4) is 0 Å². The summed E-state index contributed by atoms with van der Waals surface area (Å²) in [7, 11) is 0. The molecular weight excluding hydrogens is 236 g/mol. The molecule has 1 aliphatic heterocycles. The van der Waals surface area contributed by atoms with E-state index in [9.17, 15) is 9.59 Å². The molecule has 0 aromatic carbocycles. The molecule has 7 heteroatoms. The van der Waals surface area contributed by atoms with Crippen molar-refractivity contribution in [3.63, 3.8) is 0 Å². The van der Waals surface area contributed by atoms with Crippen molar-refractivity contribution in [2.24, 2.45) is 11.7 Å². The zero-order chi connectivity index (χ0) is 13.3. The number of anilines is 2. The third kappa shape index (κ3) is 2.06. The molecule has 1 atom stereocenters. The Labute approximate surface area is 103 Å². The van der Waals surface area contributed by atoms with Crippen molar-refractivity contribution in [1.29, 1.82) is 0 Å². The van der Waals surface area contributed by atoms with Gasteiger partial charge in [-0.25, -0.2) is 9.78 Å². The molecule has 1 unspecified atom stereocenters. The van der Waals surface area contributed by atoms with Crippen molar-refractivity contribution < 1.29 is 14.7 Å². The molecule has 96 valence electrons. The van der Waals surface area contributed by atoms with E-state index in [1.807, 2.05) is 0 Å².